The summed E-state index contributed by atoms with van der Waals surface area (Å²) in [5.74, 6) is -0.154. The number of carbonyl (C=O) groups excluding carboxylic acids is 3. The van der Waals surface area contributed by atoms with Crippen molar-refractivity contribution >= 4 is 17.8 Å². The summed E-state index contributed by atoms with van der Waals surface area (Å²) in [5.41, 5.74) is 1.73. The Bertz CT molecular complexity index is 968. The fourth-order valence-corrected chi connectivity index (χ4v) is 4.58. The molecule has 0 unspecified atom stereocenters. The second kappa shape index (κ2) is 10.6. The Kier molecular flexibility index (Phi) is 7.40. The highest BCUT2D eigenvalue weighted by Gasteiger charge is 2.41. The first kappa shape index (κ1) is 23.0. The van der Waals surface area contributed by atoms with Gasteiger partial charge >= 0.3 is 12.1 Å². The number of aliphatic hydroxyl groups excluding tert-OH is 1. The third-order valence-electron chi connectivity index (χ3n) is 6.39. The van der Waals surface area contributed by atoms with E-state index in [4.69, 9.17) is 9.47 Å². The average Bonchev–Trinajstić information content (AvgIpc) is 3.25. The van der Waals surface area contributed by atoms with Gasteiger partial charge < -0.3 is 14.6 Å². The van der Waals surface area contributed by atoms with Crippen molar-refractivity contribution in [2.45, 2.75) is 56.6 Å². The molecule has 1 saturated heterocycles. The Labute approximate surface area is 193 Å². The number of hydrogen-bond donors (Lipinski definition) is 1. The predicted octanol–water partition coefficient (Wildman–Crippen LogP) is 4.09. The molecule has 0 spiro atoms. The number of benzene rings is 2. The molecule has 1 aliphatic carbocycles. The first-order chi connectivity index (χ1) is 16.0. The molecule has 1 heterocycles. The van der Waals surface area contributed by atoms with Gasteiger partial charge in [0.05, 0.1) is 12.6 Å². The van der Waals surface area contributed by atoms with Gasteiger partial charge in [-0.2, -0.15) is 0 Å². The van der Waals surface area contributed by atoms with E-state index in [1.165, 1.54) is 37.7 Å². The lowest BCUT2D eigenvalue weighted by atomic mass is 9.84. The number of esters is 1. The zero-order valence-corrected chi connectivity index (χ0v) is 18.5. The summed E-state index contributed by atoms with van der Waals surface area (Å²) in [7, 11) is 0. The number of hydrogen-bond acceptors (Lipinski definition) is 6. The lowest BCUT2D eigenvalue weighted by molar-refractivity contribution is -0.147. The van der Waals surface area contributed by atoms with Crippen molar-refractivity contribution in [1.29, 1.82) is 0 Å². The molecule has 1 aliphatic heterocycles. The topological polar surface area (TPSA) is 93.1 Å². The standard InChI is InChI=1S/C26H29NO6/c28-21-15-23(27(16-21)26(31)33-22-9-5-2-6-10-22)25(30)32-17-24(29)20-13-11-19(12-14-20)18-7-3-1-4-8-18/h2,5-6,9-14,18,21,23,28H,1,3-4,7-8,15-17H2/t21-,23+/m1/s1. The van der Waals surface area contributed by atoms with Gasteiger partial charge in [-0.15, -0.1) is 0 Å². The number of aliphatic hydroxyl groups is 1. The summed E-state index contributed by atoms with van der Waals surface area (Å²) in [6, 6.07) is 15.0. The van der Waals surface area contributed by atoms with Crippen LogP contribution in [-0.2, 0) is 9.53 Å². The first-order valence-electron chi connectivity index (χ1n) is 11.5. The highest BCUT2D eigenvalue weighted by molar-refractivity contribution is 5.98. The molecule has 0 aromatic heterocycles. The van der Waals surface area contributed by atoms with Crippen LogP contribution in [0, 0.1) is 0 Å². The molecule has 0 radical (unpaired) electrons. The molecule has 4 rings (SSSR count). The molecule has 2 aromatic carbocycles. The van der Waals surface area contributed by atoms with E-state index in [0.29, 0.717) is 17.2 Å². The van der Waals surface area contributed by atoms with Crippen molar-refractivity contribution < 1.29 is 29.0 Å². The van der Waals surface area contributed by atoms with E-state index in [1.54, 1.807) is 42.5 Å². The molecule has 1 N–H and O–H groups in total. The van der Waals surface area contributed by atoms with E-state index < -0.39 is 30.8 Å². The fourth-order valence-electron chi connectivity index (χ4n) is 4.58. The van der Waals surface area contributed by atoms with Gasteiger partial charge in [0.15, 0.2) is 12.4 Å². The normalized spacial score (nSPS) is 20.9. The van der Waals surface area contributed by atoms with E-state index in [-0.39, 0.29) is 18.7 Å². The third kappa shape index (κ3) is 5.79. The number of likely N-dealkylation sites (tertiary alicyclic amines) is 1. The zero-order valence-electron chi connectivity index (χ0n) is 18.5. The number of β-amino-alcohol motifs (C(OH)–C–C–N with tert-alkyl or cyclic N) is 1. The van der Waals surface area contributed by atoms with Gasteiger partial charge in [-0.1, -0.05) is 61.7 Å². The van der Waals surface area contributed by atoms with E-state index >= 15 is 0 Å². The fraction of sp³-hybridized carbons (Fsp3) is 0.423. The molecule has 2 aliphatic rings. The molecule has 1 saturated carbocycles. The number of para-hydroxylation sites is 1. The summed E-state index contributed by atoms with van der Waals surface area (Å²) < 4.78 is 10.5. The highest BCUT2D eigenvalue weighted by atomic mass is 16.6. The number of nitrogens with zero attached hydrogens (tertiary/aromatic N) is 1. The van der Waals surface area contributed by atoms with Crippen molar-refractivity contribution in [3.63, 3.8) is 0 Å². The van der Waals surface area contributed by atoms with Gasteiger partial charge in [-0.3, -0.25) is 9.69 Å². The molecule has 1 amide bonds. The van der Waals surface area contributed by atoms with Crippen molar-refractivity contribution in [3.8, 4) is 5.75 Å². The number of Topliss-reactive ketones (excluding diaryl/α,β-unsaturated/α-hetero) is 1. The van der Waals surface area contributed by atoms with Gasteiger partial charge in [-0.25, -0.2) is 9.59 Å². The quantitative estimate of drug-likeness (QED) is 0.525. The molecular formula is C26H29NO6. The molecule has 33 heavy (non-hydrogen) atoms. The zero-order chi connectivity index (χ0) is 23.2. The number of rotatable bonds is 6. The second-order valence-corrected chi connectivity index (χ2v) is 8.73. The van der Waals surface area contributed by atoms with Crippen molar-refractivity contribution in [2.24, 2.45) is 0 Å². The maximum absolute atomic E-state index is 12.6. The molecule has 0 bridgehead atoms. The molecule has 7 nitrogen and oxygen atoms in total. The maximum atomic E-state index is 12.6. The Balaban J connectivity index is 1.32. The van der Waals surface area contributed by atoms with Gasteiger partial charge in [0.2, 0.25) is 0 Å². The lowest BCUT2D eigenvalue weighted by Gasteiger charge is -2.22. The Hall–Kier alpha value is -3.19. The summed E-state index contributed by atoms with van der Waals surface area (Å²) >= 11 is 0. The van der Waals surface area contributed by atoms with Gasteiger partial charge in [0.25, 0.3) is 0 Å². The van der Waals surface area contributed by atoms with Crippen LogP contribution in [-0.4, -0.2) is 53.1 Å². The van der Waals surface area contributed by atoms with Crippen LogP contribution < -0.4 is 4.74 Å². The van der Waals surface area contributed by atoms with Crippen LogP contribution in [0.2, 0.25) is 0 Å². The van der Waals surface area contributed by atoms with Crippen LogP contribution in [0.15, 0.2) is 54.6 Å². The minimum atomic E-state index is -1.00. The number of carbonyl (C=O) groups is 3. The molecule has 174 valence electrons. The first-order valence-corrected chi connectivity index (χ1v) is 11.5. The molecule has 2 aromatic rings. The van der Waals surface area contributed by atoms with Gasteiger partial charge in [-0.05, 0) is 36.5 Å². The number of ether oxygens (including phenoxy) is 2. The van der Waals surface area contributed by atoms with Crippen LogP contribution in [0.4, 0.5) is 4.79 Å². The lowest BCUT2D eigenvalue weighted by Crippen LogP contribution is -2.43. The second-order valence-electron chi connectivity index (χ2n) is 8.73. The maximum Gasteiger partial charge on any atom is 0.416 e. The SMILES string of the molecule is O=C(COC(=O)[C@@H]1C[C@@H](O)CN1C(=O)Oc1ccccc1)c1ccc(C2CCCCC2)cc1. The Morgan fingerprint density at radius 1 is 0.939 bits per heavy atom. The monoisotopic (exact) mass is 451 g/mol. The third-order valence-corrected chi connectivity index (χ3v) is 6.39. The molecular weight excluding hydrogens is 422 g/mol. The summed E-state index contributed by atoms with van der Waals surface area (Å²) in [6.45, 7) is -0.461. The van der Waals surface area contributed by atoms with E-state index in [9.17, 15) is 19.5 Å². The molecule has 7 heteroatoms. The van der Waals surface area contributed by atoms with Crippen molar-refractivity contribution in [2.75, 3.05) is 13.2 Å². The summed E-state index contributed by atoms with van der Waals surface area (Å²) in [4.78, 5) is 38.8. The smallest absolute Gasteiger partial charge is 0.416 e. The summed E-state index contributed by atoms with van der Waals surface area (Å²) in [5, 5.41) is 10.00. The van der Waals surface area contributed by atoms with E-state index in [1.807, 2.05) is 12.1 Å². The van der Waals surface area contributed by atoms with E-state index in [0.717, 1.165) is 4.90 Å². The molecule has 2 atom stereocenters. The van der Waals surface area contributed by atoms with Crippen molar-refractivity contribution in [1.82, 2.24) is 4.90 Å². The van der Waals surface area contributed by atoms with Crippen LogP contribution >= 0.6 is 0 Å². The van der Waals surface area contributed by atoms with Crippen LogP contribution in [0.5, 0.6) is 5.75 Å². The Morgan fingerprint density at radius 3 is 2.33 bits per heavy atom. The van der Waals surface area contributed by atoms with Crippen LogP contribution in [0.3, 0.4) is 0 Å². The van der Waals surface area contributed by atoms with Gasteiger partial charge in [0.1, 0.15) is 11.8 Å². The van der Waals surface area contributed by atoms with Crippen LogP contribution in [0.1, 0.15) is 60.4 Å². The predicted molar refractivity (Wildman–Crippen MR) is 121 cm³/mol. The number of ketones is 1. The Morgan fingerprint density at radius 2 is 1.64 bits per heavy atom. The van der Waals surface area contributed by atoms with Gasteiger partial charge in [0, 0.05) is 12.0 Å². The minimum absolute atomic E-state index is 0.0347. The highest BCUT2D eigenvalue weighted by Crippen LogP contribution is 2.32. The largest absolute Gasteiger partial charge is 0.456 e. The molecule has 2 fully saturated rings. The van der Waals surface area contributed by atoms with Crippen LogP contribution in [0.25, 0.3) is 0 Å². The number of amides is 1. The van der Waals surface area contributed by atoms with E-state index in [2.05, 4.69) is 0 Å². The minimum Gasteiger partial charge on any atom is -0.456 e. The summed E-state index contributed by atoms with van der Waals surface area (Å²) in [6.07, 6.45) is 4.56. The average molecular weight is 452 g/mol. The van der Waals surface area contributed by atoms with Crippen molar-refractivity contribution in [3.05, 3.63) is 65.7 Å².